The van der Waals surface area contributed by atoms with Crippen LogP contribution >= 0.6 is 27.3 Å². The fourth-order valence-corrected chi connectivity index (χ4v) is 7.33. The number of nitrogens with zero attached hydrogens (tertiary/aromatic N) is 1. The lowest BCUT2D eigenvalue weighted by atomic mass is 10.0. The molecule has 9 heteroatoms. The van der Waals surface area contributed by atoms with Crippen molar-refractivity contribution in [3.8, 4) is 0 Å². The van der Waals surface area contributed by atoms with Gasteiger partial charge < -0.3 is 5.32 Å². The van der Waals surface area contributed by atoms with Gasteiger partial charge in [0.1, 0.15) is 10.3 Å². The van der Waals surface area contributed by atoms with Crippen molar-refractivity contribution in [1.29, 1.82) is 0 Å². The summed E-state index contributed by atoms with van der Waals surface area (Å²) < 4.78 is 29.4. The Balaban J connectivity index is 1.39. The Morgan fingerprint density at radius 3 is 2.18 bits per heavy atom. The van der Waals surface area contributed by atoms with Gasteiger partial charge >= 0.3 is 0 Å². The molecule has 1 fully saturated rings. The standard InChI is InChI=1S/C25H28BrN3O3S2/c26-23-11-12-24(33-23)34(31,32)28-22(17-19-7-3-1-4-8-19)25(30)27-21-13-15-29(16-14-21)18-20-9-5-2-6-10-20/h1-12,21-22,28H,13-18H2,(H,27,30)/t22-/m0/s1. The van der Waals surface area contributed by atoms with Gasteiger partial charge in [-0.3, -0.25) is 9.69 Å². The maximum atomic E-state index is 13.2. The molecule has 0 radical (unpaired) electrons. The molecule has 34 heavy (non-hydrogen) atoms. The second-order valence-corrected chi connectivity index (χ2v) is 12.9. The van der Waals surface area contributed by atoms with Crippen LogP contribution in [0, 0.1) is 0 Å². The first-order chi connectivity index (χ1) is 16.4. The SMILES string of the molecule is O=C(NC1CCN(Cc2ccccc2)CC1)[C@H](Cc1ccccc1)NS(=O)(=O)c1ccc(Br)s1. The molecule has 1 aliphatic heterocycles. The van der Waals surface area contributed by atoms with Crippen molar-refractivity contribution in [3.05, 3.63) is 87.7 Å². The summed E-state index contributed by atoms with van der Waals surface area (Å²) in [5, 5.41) is 3.10. The molecule has 2 N–H and O–H groups in total. The third-order valence-corrected chi connectivity index (χ3v) is 9.48. The fourth-order valence-electron chi connectivity index (χ4n) is 4.10. The maximum absolute atomic E-state index is 13.2. The number of hydrogen-bond acceptors (Lipinski definition) is 5. The van der Waals surface area contributed by atoms with Gasteiger partial charge in [-0.1, -0.05) is 60.7 Å². The van der Waals surface area contributed by atoms with Crippen LogP contribution in [0.4, 0.5) is 0 Å². The number of nitrogens with one attached hydrogen (secondary N) is 2. The summed E-state index contributed by atoms with van der Waals surface area (Å²) in [5.41, 5.74) is 2.18. The molecule has 180 valence electrons. The van der Waals surface area contributed by atoms with Crippen molar-refractivity contribution >= 4 is 43.2 Å². The van der Waals surface area contributed by atoms with Crippen LogP contribution in [0.5, 0.6) is 0 Å². The van der Waals surface area contributed by atoms with Crippen LogP contribution in [0.3, 0.4) is 0 Å². The molecule has 1 aromatic heterocycles. The number of sulfonamides is 1. The first-order valence-electron chi connectivity index (χ1n) is 11.3. The highest BCUT2D eigenvalue weighted by Crippen LogP contribution is 2.26. The Morgan fingerprint density at radius 2 is 1.59 bits per heavy atom. The van der Waals surface area contributed by atoms with Crippen molar-refractivity contribution in [3.63, 3.8) is 0 Å². The van der Waals surface area contributed by atoms with Crippen molar-refractivity contribution in [2.75, 3.05) is 13.1 Å². The molecular formula is C25H28BrN3O3S2. The molecule has 4 rings (SSSR count). The average molecular weight is 563 g/mol. The minimum Gasteiger partial charge on any atom is -0.352 e. The van der Waals surface area contributed by atoms with E-state index in [2.05, 4.69) is 43.0 Å². The lowest BCUT2D eigenvalue weighted by molar-refractivity contribution is -0.123. The number of carbonyl (C=O) groups excluding carboxylic acids is 1. The summed E-state index contributed by atoms with van der Waals surface area (Å²) in [6.07, 6.45) is 1.95. The predicted octanol–water partition coefficient (Wildman–Crippen LogP) is 4.18. The van der Waals surface area contributed by atoms with Crippen LogP contribution in [-0.2, 0) is 27.8 Å². The minimum atomic E-state index is -3.82. The van der Waals surface area contributed by atoms with E-state index in [0.29, 0.717) is 0 Å². The van der Waals surface area contributed by atoms with Crippen molar-refractivity contribution in [1.82, 2.24) is 14.9 Å². The summed E-state index contributed by atoms with van der Waals surface area (Å²) in [6, 6.07) is 22.2. The van der Waals surface area contributed by atoms with E-state index in [4.69, 9.17) is 0 Å². The largest absolute Gasteiger partial charge is 0.352 e. The molecule has 6 nitrogen and oxygen atoms in total. The first kappa shape index (κ1) is 25.1. The molecule has 3 aromatic rings. The van der Waals surface area contributed by atoms with Crippen LogP contribution in [0.2, 0.25) is 0 Å². The number of hydrogen-bond donors (Lipinski definition) is 2. The molecule has 1 amide bonds. The molecule has 1 atom stereocenters. The summed E-state index contributed by atoms with van der Waals surface area (Å²) in [4.78, 5) is 15.6. The molecule has 2 heterocycles. The summed E-state index contributed by atoms with van der Waals surface area (Å²) in [5.74, 6) is -0.287. The summed E-state index contributed by atoms with van der Waals surface area (Å²) in [6.45, 7) is 2.67. The Kier molecular flexibility index (Phi) is 8.55. The lowest BCUT2D eigenvalue weighted by Crippen LogP contribution is -2.52. The number of likely N-dealkylation sites (tertiary alicyclic amines) is 1. The number of benzene rings is 2. The highest BCUT2D eigenvalue weighted by atomic mass is 79.9. The normalized spacial score (nSPS) is 16.3. The molecular weight excluding hydrogens is 534 g/mol. The molecule has 2 aromatic carbocycles. The van der Waals surface area contributed by atoms with Gasteiger partial charge in [-0.2, -0.15) is 4.72 Å². The molecule has 0 aliphatic carbocycles. The summed E-state index contributed by atoms with van der Waals surface area (Å²) >= 11 is 4.43. The minimum absolute atomic E-state index is 0.0261. The van der Waals surface area contributed by atoms with Gasteiger partial charge in [0.05, 0.1) is 3.79 Å². The number of thiophene rings is 1. The number of amides is 1. The number of halogens is 1. The lowest BCUT2D eigenvalue weighted by Gasteiger charge is -2.33. The quantitative estimate of drug-likeness (QED) is 0.410. The highest BCUT2D eigenvalue weighted by molar-refractivity contribution is 9.11. The van der Waals surface area contributed by atoms with E-state index in [1.54, 1.807) is 6.07 Å². The number of piperidine rings is 1. The number of carbonyl (C=O) groups is 1. The van der Waals surface area contributed by atoms with E-state index < -0.39 is 16.1 Å². The first-order valence-corrected chi connectivity index (χ1v) is 14.4. The zero-order valence-electron chi connectivity index (χ0n) is 18.7. The maximum Gasteiger partial charge on any atom is 0.250 e. The van der Waals surface area contributed by atoms with Gasteiger partial charge in [0.15, 0.2) is 0 Å². The molecule has 0 bridgehead atoms. The van der Waals surface area contributed by atoms with Gasteiger partial charge in [0.2, 0.25) is 5.91 Å². The molecule has 1 saturated heterocycles. The fraction of sp³-hybridized carbons (Fsp3) is 0.320. The zero-order valence-corrected chi connectivity index (χ0v) is 21.9. The molecule has 0 spiro atoms. The Bertz CT molecular complexity index is 1180. The Labute approximate surface area is 213 Å². The topological polar surface area (TPSA) is 78.5 Å². The monoisotopic (exact) mass is 561 g/mol. The van der Waals surface area contributed by atoms with Crippen molar-refractivity contribution in [2.24, 2.45) is 0 Å². The van der Waals surface area contributed by atoms with Crippen molar-refractivity contribution < 1.29 is 13.2 Å². The van der Waals surface area contributed by atoms with E-state index in [-0.39, 0.29) is 22.6 Å². The smallest absolute Gasteiger partial charge is 0.250 e. The van der Waals surface area contributed by atoms with E-state index in [0.717, 1.165) is 53.2 Å². The van der Waals surface area contributed by atoms with Crippen molar-refractivity contribution in [2.45, 2.75) is 42.1 Å². The van der Waals surface area contributed by atoms with Gasteiger partial charge in [0, 0.05) is 25.7 Å². The molecule has 0 unspecified atom stereocenters. The van der Waals surface area contributed by atoms with E-state index in [1.807, 2.05) is 48.5 Å². The van der Waals surface area contributed by atoms with Crippen LogP contribution < -0.4 is 10.0 Å². The van der Waals surface area contributed by atoms with Gasteiger partial charge in [-0.25, -0.2) is 8.42 Å². The number of rotatable bonds is 9. The second kappa shape index (κ2) is 11.6. The van der Waals surface area contributed by atoms with Crippen LogP contribution in [-0.4, -0.2) is 44.4 Å². The van der Waals surface area contributed by atoms with Crippen LogP contribution in [0.25, 0.3) is 0 Å². The van der Waals surface area contributed by atoms with Crippen LogP contribution in [0.1, 0.15) is 24.0 Å². The predicted molar refractivity (Wildman–Crippen MR) is 139 cm³/mol. The average Bonchev–Trinajstić information content (AvgIpc) is 3.28. The summed E-state index contributed by atoms with van der Waals surface area (Å²) in [7, 11) is -3.82. The van der Waals surface area contributed by atoms with Gasteiger partial charge in [-0.05, 0) is 58.5 Å². The third-order valence-electron chi connectivity index (χ3n) is 5.89. The van der Waals surface area contributed by atoms with E-state index in [9.17, 15) is 13.2 Å². The van der Waals surface area contributed by atoms with Gasteiger partial charge in [-0.15, -0.1) is 11.3 Å². The molecule has 0 saturated carbocycles. The zero-order chi connectivity index (χ0) is 24.0. The van der Waals surface area contributed by atoms with E-state index in [1.165, 1.54) is 11.6 Å². The molecule has 1 aliphatic rings. The Morgan fingerprint density at radius 1 is 0.971 bits per heavy atom. The van der Waals surface area contributed by atoms with E-state index >= 15 is 0 Å². The third kappa shape index (κ3) is 6.99. The second-order valence-electron chi connectivity index (χ2n) is 8.47. The van der Waals surface area contributed by atoms with Crippen LogP contribution in [0.15, 0.2) is 80.8 Å². The highest BCUT2D eigenvalue weighted by Gasteiger charge is 2.29. The van der Waals surface area contributed by atoms with Gasteiger partial charge in [0.25, 0.3) is 10.0 Å². The Hall–Kier alpha value is -2.04.